The lowest BCUT2D eigenvalue weighted by Gasteiger charge is -2.23. The molecule has 1 aliphatic heterocycles. The molecule has 1 atom stereocenters. The molecule has 1 aromatic rings. The highest BCUT2D eigenvalue weighted by Gasteiger charge is 2.35. The van der Waals surface area contributed by atoms with Crippen molar-refractivity contribution in [1.29, 1.82) is 0 Å². The zero-order chi connectivity index (χ0) is 15.6. The molecule has 9 heteroatoms. The molecule has 1 aliphatic rings. The van der Waals surface area contributed by atoms with Crippen LogP contribution in [0.15, 0.2) is 12.3 Å². The molecule has 9 nitrogen and oxygen atoms in total. The van der Waals surface area contributed by atoms with Gasteiger partial charge in [0, 0.05) is 25.9 Å². The van der Waals surface area contributed by atoms with Gasteiger partial charge in [-0.3, -0.25) is 14.9 Å². The molecule has 0 bridgehead atoms. The van der Waals surface area contributed by atoms with E-state index in [-0.39, 0.29) is 17.3 Å². The lowest BCUT2D eigenvalue weighted by molar-refractivity contribution is -0.384. The fourth-order valence-electron chi connectivity index (χ4n) is 2.38. The minimum Gasteiger partial charge on any atom is -0.478 e. The van der Waals surface area contributed by atoms with Crippen LogP contribution in [0.3, 0.4) is 0 Å². The minimum atomic E-state index is -1.29. The molecular weight excluding hydrogens is 280 g/mol. The number of carbonyl (C=O) groups excluding carboxylic acids is 1. The van der Waals surface area contributed by atoms with Gasteiger partial charge in [0.2, 0.25) is 11.7 Å². The molecule has 2 N–H and O–H groups in total. The minimum absolute atomic E-state index is 0.0242. The van der Waals surface area contributed by atoms with E-state index in [0.29, 0.717) is 19.4 Å². The first-order valence-electron chi connectivity index (χ1n) is 6.31. The highest BCUT2D eigenvalue weighted by molar-refractivity contribution is 5.90. The van der Waals surface area contributed by atoms with Gasteiger partial charge in [-0.15, -0.1) is 0 Å². The van der Waals surface area contributed by atoms with Crippen molar-refractivity contribution in [2.45, 2.75) is 18.9 Å². The van der Waals surface area contributed by atoms with Gasteiger partial charge in [0.1, 0.15) is 6.04 Å². The quantitative estimate of drug-likeness (QED) is 0.608. The van der Waals surface area contributed by atoms with Crippen LogP contribution >= 0.6 is 0 Å². The Balaban J connectivity index is 2.45. The third kappa shape index (κ3) is 2.76. The van der Waals surface area contributed by atoms with Crippen LogP contribution < -0.4 is 10.2 Å². The normalized spacial score (nSPS) is 17.6. The summed E-state index contributed by atoms with van der Waals surface area (Å²) < 4.78 is 0. The number of pyridine rings is 1. The van der Waals surface area contributed by atoms with Crippen LogP contribution in [-0.2, 0) is 4.79 Å². The van der Waals surface area contributed by atoms with Crippen molar-refractivity contribution in [3.8, 4) is 0 Å². The van der Waals surface area contributed by atoms with Crippen molar-refractivity contribution in [3.05, 3.63) is 27.9 Å². The molecule has 0 aliphatic carbocycles. The van der Waals surface area contributed by atoms with Gasteiger partial charge in [0.25, 0.3) is 0 Å². The Morgan fingerprint density at radius 1 is 1.57 bits per heavy atom. The second-order valence-electron chi connectivity index (χ2n) is 4.59. The number of carbonyl (C=O) groups is 2. The first kappa shape index (κ1) is 14.7. The molecule has 2 rings (SSSR count). The van der Waals surface area contributed by atoms with Crippen LogP contribution in [-0.4, -0.2) is 46.5 Å². The van der Waals surface area contributed by atoms with Gasteiger partial charge in [0.15, 0.2) is 0 Å². The first-order chi connectivity index (χ1) is 9.95. The van der Waals surface area contributed by atoms with Gasteiger partial charge in [-0.25, -0.2) is 9.78 Å². The van der Waals surface area contributed by atoms with Crippen LogP contribution in [0.5, 0.6) is 0 Å². The summed E-state index contributed by atoms with van der Waals surface area (Å²) >= 11 is 0. The molecule has 1 saturated heterocycles. The number of nitro groups is 1. The number of likely N-dealkylation sites (N-methyl/N-ethyl adjacent to an activating group) is 1. The Kier molecular flexibility index (Phi) is 4.01. The van der Waals surface area contributed by atoms with E-state index in [4.69, 9.17) is 5.11 Å². The molecule has 112 valence electrons. The standard InChI is InChI=1S/C12H14N4O5/c1-13-11(17)8-3-2-4-15(8)10-9(16(20)21)5-7(6-14-10)12(18)19/h5-6,8H,2-4H2,1H3,(H,13,17)(H,18,19). The lowest BCUT2D eigenvalue weighted by Crippen LogP contribution is -2.42. The highest BCUT2D eigenvalue weighted by atomic mass is 16.6. The number of nitrogens with zero attached hydrogens (tertiary/aromatic N) is 3. The number of aromatic carboxylic acids is 1. The second-order valence-corrected chi connectivity index (χ2v) is 4.59. The zero-order valence-electron chi connectivity index (χ0n) is 11.3. The Morgan fingerprint density at radius 3 is 2.86 bits per heavy atom. The smallest absolute Gasteiger partial charge is 0.337 e. The predicted molar refractivity (Wildman–Crippen MR) is 72.3 cm³/mol. The van der Waals surface area contributed by atoms with Gasteiger partial charge in [-0.1, -0.05) is 0 Å². The van der Waals surface area contributed by atoms with Crippen molar-refractivity contribution >= 4 is 23.4 Å². The SMILES string of the molecule is CNC(=O)C1CCCN1c1ncc(C(=O)O)cc1[N+](=O)[O-]. The van der Waals surface area contributed by atoms with E-state index in [0.717, 1.165) is 12.3 Å². The largest absolute Gasteiger partial charge is 0.478 e. The number of nitrogens with one attached hydrogen (secondary N) is 1. The van der Waals surface area contributed by atoms with Gasteiger partial charge in [0.05, 0.1) is 10.5 Å². The van der Waals surface area contributed by atoms with Gasteiger partial charge >= 0.3 is 11.7 Å². The average molecular weight is 294 g/mol. The second kappa shape index (κ2) is 5.73. The number of rotatable bonds is 4. The molecule has 1 aromatic heterocycles. The molecule has 1 unspecified atom stereocenters. The average Bonchev–Trinajstić information content (AvgIpc) is 2.94. The van der Waals surface area contributed by atoms with Crippen molar-refractivity contribution in [3.63, 3.8) is 0 Å². The van der Waals surface area contributed by atoms with Crippen LogP contribution in [0.1, 0.15) is 23.2 Å². The zero-order valence-corrected chi connectivity index (χ0v) is 11.3. The molecule has 0 saturated carbocycles. The van der Waals surface area contributed by atoms with E-state index in [2.05, 4.69) is 10.3 Å². The monoisotopic (exact) mass is 294 g/mol. The van der Waals surface area contributed by atoms with Gasteiger partial charge < -0.3 is 15.3 Å². The Morgan fingerprint density at radius 2 is 2.29 bits per heavy atom. The summed E-state index contributed by atoms with van der Waals surface area (Å²) in [4.78, 5) is 38.6. The van der Waals surface area contributed by atoms with Crippen LogP contribution in [0.4, 0.5) is 11.5 Å². The lowest BCUT2D eigenvalue weighted by atomic mass is 10.2. The molecule has 0 spiro atoms. The molecule has 1 fully saturated rings. The summed E-state index contributed by atoms with van der Waals surface area (Å²) in [5.74, 6) is -1.51. The summed E-state index contributed by atoms with van der Waals surface area (Å²) in [7, 11) is 1.49. The number of hydrogen-bond acceptors (Lipinski definition) is 6. The fourth-order valence-corrected chi connectivity index (χ4v) is 2.38. The topological polar surface area (TPSA) is 126 Å². The number of carboxylic acid groups (broad SMARTS) is 1. The van der Waals surface area contributed by atoms with E-state index in [1.807, 2.05) is 0 Å². The number of hydrogen-bond donors (Lipinski definition) is 2. The third-order valence-electron chi connectivity index (χ3n) is 3.36. The van der Waals surface area contributed by atoms with Crippen molar-refractivity contribution in [1.82, 2.24) is 10.3 Å². The van der Waals surface area contributed by atoms with Crippen LogP contribution in [0, 0.1) is 10.1 Å². The Labute approximate surface area is 119 Å². The third-order valence-corrected chi connectivity index (χ3v) is 3.36. The van der Waals surface area contributed by atoms with E-state index in [1.54, 1.807) is 4.90 Å². The van der Waals surface area contributed by atoms with Crippen molar-refractivity contribution in [2.24, 2.45) is 0 Å². The van der Waals surface area contributed by atoms with E-state index < -0.39 is 22.6 Å². The summed E-state index contributed by atoms with van der Waals surface area (Å²) in [6.07, 6.45) is 2.33. The molecule has 2 heterocycles. The first-order valence-corrected chi connectivity index (χ1v) is 6.31. The summed E-state index contributed by atoms with van der Waals surface area (Å²) in [6, 6.07) is 0.432. The van der Waals surface area contributed by atoms with Crippen molar-refractivity contribution < 1.29 is 19.6 Å². The predicted octanol–water partition coefficient (Wildman–Crippen LogP) is 0.403. The molecular formula is C12H14N4O5. The summed E-state index contributed by atoms with van der Waals surface area (Å²) in [5.41, 5.74) is -0.674. The maximum Gasteiger partial charge on any atom is 0.337 e. The summed E-state index contributed by atoms with van der Waals surface area (Å²) in [6.45, 7) is 0.457. The van der Waals surface area contributed by atoms with Crippen molar-refractivity contribution in [2.75, 3.05) is 18.5 Å². The Bertz CT molecular complexity index is 603. The Hall–Kier alpha value is -2.71. The number of anilines is 1. The van der Waals surface area contributed by atoms with E-state index >= 15 is 0 Å². The molecule has 0 radical (unpaired) electrons. The number of amides is 1. The maximum absolute atomic E-state index is 11.8. The molecule has 1 amide bonds. The van der Waals surface area contributed by atoms with Gasteiger partial charge in [-0.05, 0) is 12.8 Å². The maximum atomic E-state index is 11.8. The van der Waals surface area contributed by atoms with E-state index in [1.165, 1.54) is 7.05 Å². The summed E-state index contributed by atoms with van der Waals surface area (Å²) in [5, 5.41) is 22.5. The fraction of sp³-hybridized carbons (Fsp3) is 0.417. The van der Waals surface area contributed by atoms with Gasteiger partial charge in [-0.2, -0.15) is 0 Å². The highest BCUT2D eigenvalue weighted by Crippen LogP contribution is 2.32. The molecule has 0 aromatic carbocycles. The number of carboxylic acids is 1. The number of aromatic nitrogens is 1. The van der Waals surface area contributed by atoms with Crippen LogP contribution in [0.2, 0.25) is 0 Å². The van der Waals surface area contributed by atoms with E-state index in [9.17, 15) is 19.7 Å². The molecule has 21 heavy (non-hydrogen) atoms. The van der Waals surface area contributed by atoms with Crippen LogP contribution in [0.25, 0.3) is 0 Å².